The van der Waals surface area contributed by atoms with Gasteiger partial charge in [0.2, 0.25) is 5.91 Å². The standard InChI is InChI=1S/C14H23N5O/c1-10(12-18-17-11-6-5-9-19(11)12)16-13(20)14(15)7-3-2-4-8-14/h10H,2-9,15H2,1H3,(H,16,20). The van der Waals surface area contributed by atoms with E-state index in [1.54, 1.807) is 0 Å². The third-order valence-electron chi connectivity index (χ3n) is 4.57. The minimum atomic E-state index is -0.694. The molecule has 110 valence electrons. The van der Waals surface area contributed by atoms with Crippen LogP contribution in [0.15, 0.2) is 0 Å². The summed E-state index contributed by atoms with van der Waals surface area (Å²) in [6.07, 6.45) is 6.91. The predicted octanol–water partition coefficient (Wildman–Crippen LogP) is 1.06. The van der Waals surface area contributed by atoms with Gasteiger partial charge in [-0.25, -0.2) is 0 Å². The Bertz CT molecular complexity index is 504. The summed E-state index contributed by atoms with van der Waals surface area (Å²) in [7, 11) is 0. The summed E-state index contributed by atoms with van der Waals surface area (Å²) in [5, 5.41) is 11.4. The molecule has 1 amide bonds. The van der Waals surface area contributed by atoms with E-state index in [0.29, 0.717) is 0 Å². The second-order valence-electron chi connectivity index (χ2n) is 6.14. The van der Waals surface area contributed by atoms with Gasteiger partial charge >= 0.3 is 0 Å². The number of nitrogens with one attached hydrogen (secondary N) is 1. The summed E-state index contributed by atoms with van der Waals surface area (Å²) in [4.78, 5) is 12.4. The van der Waals surface area contributed by atoms with Gasteiger partial charge in [-0.2, -0.15) is 0 Å². The molecule has 2 heterocycles. The molecular weight excluding hydrogens is 254 g/mol. The molecule has 0 aromatic carbocycles. The lowest BCUT2D eigenvalue weighted by Crippen LogP contribution is -2.55. The van der Waals surface area contributed by atoms with Crippen LogP contribution in [-0.4, -0.2) is 26.2 Å². The van der Waals surface area contributed by atoms with Gasteiger partial charge in [-0.1, -0.05) is 19.3 Å². The maximum absolute atomic E-state index is 12.4. The lowest BCUT2D eigenvalue weighted by Gasteiger charge is -2.32. The highest BCUT2D eigenvalue weighted by Crippen LogP contribution is 2.27. The quantitative estimate of drug-likeness (QED) is 0.865. The molecule has 6 nitrogen and oxygen atoms in total. The zero-order valence-corrected chi connectivity index (χ0v) is 12.1. The molecule has 0 spiro atoms. The number of hydrogen-bond donors (Lipinski definition) is 2. The third-order valence-corrected chi connectivity index (χ3v) is 4.57. The van der Waals surface area contributed by atoms with Gasteiger partial charge in [0.1, 0.15) is 5.82 Å². The Balaban J connectivity index is 1.69. The van der Waals surface area contributed by atoms with Crippen LogP contribution in [0.2, 0.25) is 0 Å². The van der Waals surface area contributed by atoms with Gasteiger partial charge in [0.15, 0.2) is 5.82 Å². The van der Waals surface area contributed by atoms with Crippen LogP contribution in [0, 0.1) is 0 Å². The zero-order valence-electron chi connectivity index (χ0n) is 12.1. The van der Waals surface area contributed by atoms with Crippen LogP contribution < -0.4 is 11.1 Å². The molecule has 2 aliphatic rings. The van der Waals surface area contributed by atoms with Gasteiger partial charge in [0.25, 0.3) is 0 Å². The molecule has 1 aromatic heterocycles. The molecule has 1 aromatic rings. The average molecular weight is 277 g/mol. The highest BCUT2D eigenvalue weighted by atomic mass is 16.2. The fraction of sp³-hybridized carbons (Fsp3) is 0.786. The number of hydrogen-bond acceptors (Lipinski definition) is 4. The number of carbonyl (C=O) groups is 1. The van der Waals surface area contributed by atoms with E-state index in [-0.39, 0.29) is 11.9 Å². The first-order valence-electron chi connectivity index (χ1n) is 7.62. The van der Waals surface area contributed by atoms with Crippen molar-refractivity contribution in [1.29, 1.82) is 0 Å². The van der Waals surface area contributed by atoms with Gasteiger partial charge in [-0.3, -0.25) is 4.79 Å². The van der Waals surface area contributed by atoms with Crippen molar-refractivity contribution < 1.29 is 4.79 Å². The molecule has 1 unspecified atom stereocenters. The number of fused-ring (bicyclic) bond motifs is 1. The minimum absolute atomic E-state index is 0.0416. The van der Waals surface area contributed by atoms with Crippen molar-refractivity contribution in [3.05, 3.63) is 11.6 Å². The molecule has 1 atom stereocenters. The van der Waals surface area contributed by atoms with Crippen molar-refractivity contribution in [3.8, 4) is 0 Å². The van der Waals surface area contributed by atoms with E-state index in [4.69, 9.17) is 5.73 Å². The molecule has 1 aliphatic carbocycles. The number of amides is 1. The Morgan fingerprint density at radius 1 is 1.30 bits per heavy atom. The summed E-state index contributed by atoms with van der Waals surface area (Å²) >= 11 is 0. The van der Waals surface area contributed by atoms with E-state index in [1.165, 1.54) is 6.42 Å². The van der Waals surface area contributed by atoms with E-state index < -0.39 is 5.54 Å². The lowest BCUT2D eigenvalue weighted by atomic mass is 9.82. The molecule has 1 saturated carbocycles. The second-order valence-corrected chi connectivity index (χ2v) is 6.14. The number of nitrogens with two attached hydrogens (primary N) is 1. The van der Waals surface area contributed by atoms with Crippen molar-refractivity contribution in [3.63, 3.8) is 0 Å². The van der Waals surface area contributed by atoms with Crippen LogP contribution in [0.4, 0.5) is 0 Å². The topological polar surface area (TPSA) is 85.8 Å². The van der Waals surface area contributed by atoms with Crippen LogP contribution in [0.1, 0.15) is 63.1 Å². The SMILES string of the molecule is CC(NC(=O)C1(N)CCCCC1)c1nnc2n1CCC2. The first-order chi connectivity index (χ1) is 9.60. The van der Waals surface area contributed by atoms with E-state index in [9.17, 15) is 4.79 Å². The normalized spacial score (nSPS) is 22.3. The first-order valence-corrected chi connectivity index (χ1v) is 7.62. The number of aromatic nitrogens is 3. The Morgan fingerprint density at radius 3 is 2.80 bits per heavy atom. The number of carbonyl (C=O) groups excluding carboxylic acids is 1. The second kappa shape index (κ2) is 5.16. The van der Waals surface area contributed by atoms with Gasteiger partial charge in [-0.15, -0.1) is 10.2 Å². The molecule has 0 bridgehead atoms. The minimum Gasteiger partial charge on any atom is -0.345 e. The number of rotatable bonds is 3. The summed E-state index contributed by atoms with van der Waals surface area (Å²) < 4.78 is 2.12. The van der Waals surface area contributed by atoms with Gasteiger partial charge in [-0.05, 0) is 26.2 Å². The van der Waals surface area contributed by atoms with Crippen LogP contribution >= 0.6 is 0 Å². The highest BCUT2D eigenvalue weighted by molar-refractivity contribution is 5.86. The summed E-state index contributed by atoms with van der Waals surface area (Å²) in [5.74, 6) is 1.84. The van der Waals surface area contributed by atoms with E-state index in [0.717, 1.165) is 56.7 Å². The van der Waals surface area contributed by atoms with Crippen molar-refractivity contribution in [2.24, 2.45) is 5.73 Å². The van der Waals surface area contributed by atoms with Crippen molar-refractivity contribution in [2.45, 2.75) is 70.0 Å². The largest absolute Gasteiger partial charge is 0.345 e. The van der Waals surface area contributed by atoms with Gasteiger partial charge in [0.05, 0.1) is 11.6 Å². The Kier molecular flexibility index (Phi) is 3.50. The third kappa shape index (κ3) is 2.32. The fourth-order valence-electron chi connectivity index (χ4n) is 3.31. The monoisotopic (exact) mass is 277 g/mol. The number of nitrogens with zero attached hydrogens (tertiary/aromatic N) is 3. The van der Waals surface area contributed by atoms with Crippen molar-refractivity contribution in [1.82, 2.24) is 20.1 Å². The molecule has 1 aliphatic heterocycles. The van der Waals surface area contributed by atoms with Crippen molar-refractivity contribution in [2.75, 3.05) is 0 Å². The smallest absolute Gasteiger partial charge is 0.240 e. The van der Waals surface area contributed by atoms with Crippen LogP contribution in [0.25, 0.3) is 0 Å². The molecule has 3 rings (SSSR count). The maximum Gasteiger partial charge on any atom is 0.240 e. The lowest BCUT2D eigenvalue weighted by molar-refractivity contribution is -0.128. The van der Waals surface area contributed by atoms with Gasteiger partial charge in [0, 0.05) is 13.0 Å². The molecule has 0 saturated heterocycles. The fourth-order valence-corrected chi connectivity index (χ4v) is 3.31. The van der Waals surface area contributed by atoms with Crippen LogP contribution in [0.3, 0.4) is 0 Å². The Morgan fingerprint density at radius 2 is 2.05 bits per heavy atom. The average Bonchev–Trinajstić information content (AvgIpc) is 3.01. The van der Waals surface area contributed by atoms with Gasteiger partial charge < -0.3 is 15.6 Å². The summed E-state index contributed by atoms with van der Waals surface area (Å²) in [6.45, 7) is 2.91. The molecule has 0 radical (unpaired) electrons. The van der Waals surface area contributed by atoms with E-state index in [1.807, 2.05) is 6.92 Å². The molecule has 3 N–H and O–H groups in total. The van der Waals surface area contributed by atoms with Crippen molar-refractivity contribution >= 4 is 5.91 Å². The molecular formula is C14H23N5O. The number of aryl methyl sites for hydroxylation is 1. The van der Waals surface area contributed by atoms with Crippen LogP contribution in [-0.2, 0) is 17.8 Å². The Labute approximate surface area is 119 Å². The molecule has 6 heteroatoms. The first kappa shape index (κ1) is 13.5. The van der Waals surface area contributed by atoms with E-state index >= 15 is 0 Å². The Hall–Kier alpha value is -1.43. The maximum atomic E-state index is 12.4. The molecule has 20 heavy (non-hydrogen) atoms. The zero-order chi connectivity index (χ0) is 14.2. The predicted molar refractivity (Wildman–Crippen MR) is 74.9 cm³/mol. The van der Waals surface area contributed by atoms with Crippen LogP contribution in [0.5, 0.6) is 0 Å². The molecule has 1 fully saturated rings. The summed E-state index contributed by atoms with van der Waals surface area (Å²) in [5.41, 5.74) is 5.57. The van der Waals surface area contributed by atoms with E-state index in [2.05, 4.69) is 20.1 Å². The highest BCUT2D eigenvalue weighted by Gasteiger charge is 2.36. The summed E-state index contributed by atoms with van der Waals surface area (Å²) in [6, 6.07) is -0.135.